The van der Waals surface area contributed by atoms with Crippen molar-refractivity contribution < 1.29 is 14.3 Å². The maximum atomic E-state index is 12.2. The van der Waals surface area contributed by atoms with E-state index in [1.54, 1.807) is 31.4 Å². The molecule has 2 aromatic carbocycles. The fourth-order valence-corrected chi connectivity index (χ4v) is 2.23. The summed E-state index contributed by atoms with van der Waals surface area (Å²) >= 11 is 0. The second-order valence-electron chi connectivity index (χ2n) is 4.98. The Balaban J connectivity index is 2.05. The molecule has 0 spiro atoms. The van der Waals surface area contributed by atoms with Crippen LogP contribution in [0.5, 0.6) is 5.75 Å². The van der Waals surface area contributed by atoms with Crippen LogP contribution in [0, 0.1) is 0 Å². The Labute approximate surface area is 135 Å². The minimum absolute atomic E-state index is 0.159. The lowest BCUT2D eigenvalue weighted by Crippen LogP contribution is -2.23. The number of rotatable bonds is 6. The lowest BCUT2D eigenvalue weighted by atomic mass is 10.1. The van der Waals surface area contributed by atoms with Gasteiger partial charge in [-0.1, -0.05) is 24.3 Å². The van der Waals surface area contributed by atoms with Gasteiger partial charge in [0.1, 0.15) is 5.75 Å². The van der Waals surface area contributed by atoms with Crippen molar-refractivity contribution >= 4 is 17.5 Å². The molecule has 0 fully saturated rings. The zero-order valence-corrected chi connectivity index (χ0v) is 13.3. The zero-order chi connectivity index (χ0) is 16.7. The average molecular weight is 312 g/mol. The fourth-order valence-electron chi connectivity index (χ4n) is 2.23. The lowest BCUT2D eigenvalue weighted by Gasteiger charge is -2.10. The smallest absolute Gasteiger partial charge is 0.251 e. The molecule has 5 heteroatoms. The topological polar surface area (TPSA) is 67.4 Å². The largest absolute Gasteiger partial charge is 0.496 e. The number of hydrogen-bond donors (Lipinski definition) is 2. The summed E-state index contributed by atoms with van der Waals surface area (Å²) in [6, 6.07) is 14.2. The van der Waals surface area contributed by atoms with E-state index in [9.17, 15) is 9.59 Å². The molecule has 120 valence electrons. The molecule has 0 saturated carbocycles. The minimum atomic E-state index is -0.164. The molecule has 0 aliphatic carbocycles. The van der Waals surface area contributed by atoms with Gasteiger partial charge in [-0.3, -0.25) is 9.59 Å². The van der Waals surface area contributed by atoms with E-state index < -0.39 is 0 Å². The van der Waals surface area contributed by atoms with Gasteiger partial charge in [-0.2, -0.15) is 0 Å². The number of ether oxygens (including phenoxy) is 1. The summed E-state index contributed by atoms with van der Waals surface area (Å²) in [6.45, 7) is 2.42. The van der Waals surface area contributed by atoms with Crippen LogP contribution < -0.4 is 15.4 Å². The van der Waals surface area contributed by atoms with Gasteiger partial charge in [-0.25, -0.2) is 0 Å². The standard InChI is InChI=1S/C18H20N2O3/c1-3-19-18(22)14-8-6-9-15(11-14)20-17(21)12-13-7-4-5-10-16(13)23-2/h4-11H,3,12H2,1-2H3,(H,19,22)(H,20,21). The van der Waals surface area contributed by atoms with Crippen LogP contribution in [-0.4, -0.2) is 25.5 Å². The molecule has 2 N–H and O–H groups in total. The van der Waals surface area contributed by atoms with Crippen molar-refractivity contribution in [1.82, 2.24) is 5.32 Å². The number of amides is 2. The van der Waals surface area contributed by atoms with Crippen LogP contribution in [0.2, 0.25) is 0 Å². The van der Waals surface area contributed by atoms with E-state index >= 15 is 0 Å². The molecule has 0 atom stereocenters. The van der Waals surface area contributed by atoms with Gasteiger partial charge in [-0.15, -0.1) is 0 Å². The van der Waals surface area contributed by atoms with Crippen LogP contribution in [-0.2, 0) is 11.2 Å². The van der Waals surface area contributed by atoms with E-state index in [0.717, 1.165) is 5.56 Å². The van der Waals surface area contributed by atoms with Crippen molar-refractivity contribution in [2.24, 2.45) is 0 Å². The third-order valence-electron chi connectivity index (χ3n) is 3.29. The zero-order valence-electron chi connectivity index (χ0n) is 13.3. The second-order valence-corrected chi connectivity index (χ2v) is 4.98. The van der Waals surface area contributed by atoms with E-state index in [-0.39, 0.29) is 18.2 Å². The van der Waals surface area contributed by atoms with Gasteiger partial charge >= 0.3 is 0 Å². The lowest BCUT2D eigenvalue weighted by molar-refractivity contribution is -0.115. The number of nitrogens with one attached hydrogen (secondary N) is 2. The van der Waals surface area contributed by atoms with Crippen LogP contribution in [0.25, 0.3) is 0 Å². The maximum absolute atomic E-state index is 12.2. The van der Waals surface area contributed by atoms with E-state index in [1.807, 2.05) is 31.2 Å². The van der Waals surface area contributed by atoms with Crippen LogP contribution in [0.4, 0.5) is 5.69 Å². The minimum Gasteiger partial charge on any atom is -0.496 e. The molecule has 0 aliphatic heterocycles. The Bertz CT molecular complexity index is 698. The second kappa shape index (κ2) is 7.98. The first-order chi connectivity index (χ1) is 11.1. The predicted molar refractivity (Wildman–Crippen MR) is 89.8 cm³/mol. The summed E-state index contributed by atoms with van der Waals surface area (Å²) in [5.74, 6) is 0.356. The van der Waals surface area contributed by atoms with Crippen LogP contribution in [0.3, 0.4) is 0 Å². The van der Waals surface area contributed by atoms with Gasteiger partial charge in [-0.05, 0) is 31.2 Å². The van der Waals surface area contributed by atoms with Crippen molar-refractivity contribution in [2.45, 2.75) is 13.3 Å². The number of para-hydroxylation sites is 1. The highest BCUT2D eigenvalue weighted by atomic mass is 16.5. The molecule has 0 saturated heterocycles. The Morgan fingerprint density at radius 3 is 2.61 bits per heavy atom. The van der Waals surface area contributed by atoms with Crippen molar-refractivity contribution in [1.29, 1.82) is 0 Å². The number of methoxy groups -OCH3 is 1. The van der Waals surface area contributed by atoms with Gasteiger partial charge in [0.05, 0.1) is 13.5 Å². The number of benzene rings is 2. The molecule has 5 nitrogen and oxygen atoms in total. The van der Waals surface area contributed by atoms with Gasteiger partial charge < -0.3 is 15.4 Å². The summed E-state index contributed by atoms with van der Waals surface area (Å²) in [7, 11) is 1.58. The predicted octanol–water partition coefficient (Wildman–Crippen LogP) is 2.63. The highest BCUT2D eigenvalue weighted by molar-refractivity contribution is 5.97. The summed E-state index contributed by atoms with van der Waals surface area (Å²) in [4.78, 5) is 24.0. The van der Waals surface area contributed by atoms with Crippen LogP contribution in [0.1, 0.15) is 22.8 Å². The Hall–Kier alpha value is -2.82. The first-order valence-corrected chi connectivity index (χ1v) is 7.44. The van der Waals surface area contributed by atoms with Crippen LogP contribution in [0.15, 0.2) is 48.5 Å². The summed E-state index contributed by atoms with van der Waals surface area (Å²) in [5.41, 5.74) is 1.92. The quantitative estimate of drug-likeness (QED) is 0.861. The van der Waals surface area contributed by atoms with Crippen molar-refractivity contribution in [3.8, 4) is 5.75 Å². The average Bonchev–Trinajstić information content (AvgIpc) is 2.55. The highest BCUT2D eigenvalue weighted by Gasteiger charge is 2.10. The normalized spacial score (nSPS) is 10.0. The molecule has 2 amide bonds. The van der Waals surface area contributed by atoms with Crippen molar-refractivity contribution in [3.05, 3.63) is 59.7 Å². The molecule has 2 rings (SSSR count). The molecule has 2 aromatic rings. The number of hydrogen-bond acceptors (Lipinski definition) is 3. The van der Waals surface area contributed by atoms with Crippen molar-refractivity contribution in [3.63, 3.8) is 0 Å². The Morgan fingerprint density at radius 2 is 1.87 bits per heavy atom. The van der Waals surface area contributed by atoms with E-state index in [1.165, 1.54) is 0 Å². The Kier molecular flexibility index (Phi) is 5.74. The third-order valence-corrected chi connectivity index (χ3v) is 3.29. The molecular formula is C18H20N2O3. The molecular weight excluding hydrogens is 292 g/mol. The van der Waals surface area contributed by atoms with E-state index in [0.29, 0.717) is 23.5 Å². The van der Waals surface area contributed by atoms with Gasteiger partial charge in [0.25, 0.3) is 5.91 Å². The summed E-state index contributed by atoms with van der Waals surface area (Å²) < 4.78 is 5.24. The molecule has 0 aromatic heterocycles. The van der Waals surface area contributed by atoms with Gasteiger partial charge in [0.2, 0.25) is 5.91 Å². The highest BCUT2D eigenvalue weighted by Crippen LogP contribution is 2.18. The number of carbonyl (C=O) groups is 2. The van der Waals surface area contributed by atoms with Gasteiger partial charge in [0, 0.05) is 23.4 Å². The number of anilines is 1. The van der Waals surface area contributed by atoms with Crippen LogP contribution >= 0.6 is 0 Å². The molecule has 0 unspecified atom stereocenters. The molecule has 0 radical (unpaired) electrons. The van der Waals surface area contributed by atoms with Crippen molar-refractivity contribution in [2.75, 3.05) is 19.0 Å². The summed E-state index contributed by atoms with van der Waals surface area (Å²) in [6.07, 6.45) is 0.204. The van der Waals surface area contributed by atoms with E-state index in [2.05, 4.69) is 10.6 Å². The van der Waals surface area contributed by atoms with Gasteiger partial charge in [0.15, 0.2) is 0 Å². The number of carbonyl (C=O) groups excluding carboxylic acids is 2. The first kappa shape index (κ1) is 16.5. The molecule has 0 heterocycles. The first-order valence-electron chi connectivity index (χ1n) is 7.44. The molecule has 0 bridgehead atoms. The molecule has 0 aliphatic rings. The SMILES string of the molecule is CCNC(=O)c1cccc(NC(=O)Cc2ccccc2OC)c1. The monoisotopic (exact) mass is 312 g/mol. The van der Waals surface area contributed by atoms with E-state index in [4.69, 9.17) is 4.74 Å². The summed E-state index contributed by atoms with van der Waals surface area (Å²) in [5, 5.41) is 5.53. The third kappa shape index (κ3) is 4.57. The molecule has 23 heavy (non-hydrogen) atoms. The maximum Gasteiger partial charge on any atom is 0.251 e. The Morgan fingerprint density at radius 1 is 1.09 bits per heavy atom. The fraction of sp³-hybridized carbons (Fsp3) is 0.222.